The molecular formula is C20H30N4O3. The predicted octanol–water partition coefficient (Wildman–Crippen LogP) is 1.31. The number of carbonyl (C=O) groups excluding carboxylic acids is 2. The molecular weight excluding hydrogens is 344 g/mol. The minimum atomic E-state index is -0.624. The highest BCUT2D eigenvalue weighted by Crippen LogP contribution is 2.20. The van der Waals surface area contributed by atoms with Crippen molar-refractivity contribution in [2.75, 3.05) is 62.7 Å². The van der Waals surface area contributed by atoms with E-state index in [1.165, 1.54) is 12.8 Å². The highest BCUT2D eigenvalue weighted by Gasteiger charge is 2.18. The molecule has 0 spiro atoms. The van der Waals surface area contributed by atoms with Crippen molar-refractivity contribution in [3.05, 3.63) is 24.3 Å². The number of nitrogens with zero attached hydrogens (tertiary/aromatic N) is 2. The molecule has 2 saturated heterocycles. The Hall–Kier alpha value is -2.12. The van der Waals surface area contributed by atoms with Crippen LogP contribution in [0.1, 0.15) is 19.8 Å². The van der Waals surface area contributed by atoms with Crippen molar-refractivity contribution in [3.63, 3.8) is 0 Å². The topological polar surface area (TPSA) is 73.9 Å². The highest BCUT2D eigenvalue weighted by molar-refractivity contribution is 6.39. The van der Waals surface area contributed by atoms with E-state index in [1.807, 2.05) is 18.2 Å². The Labute approximate surface area is 161 Å². The molecule has 1 atom stereocenters. The number of likely N-dealkylation sites (tertiary alicyclic amines) is 1. The largest absolute Gasteiger partial charge is 0.378 e. The first-order chi connectivity index (χ1) is 13.1. The van der Waals surface area contributed by atoms with Crippen molar-refractivity contribution in [1.29, 1.82) is 0 Å². The summed E-state index contributed by atoms with van der Waals surface area (Å²) in [6.07, 6.45) is 2.48. The maximum Gasteiger partial charge on any atom is 0.313 e. The lowest BCUT2D eigenvalue weighted by molar-refractivity contribution is -0.136. The summed E-state index contributed by atoms with van der Waals surface area (Å²) in [6, 6.07) is 7.58. The summed E-state index contributed by atoms with van der Waals surface area (Å²) in [4.78, 5) is 28.8. The van der Waals surface area contributed by atoms with Gasteiger partial charge < -0.3 is 25.2 Å². The number of benzene rings is 1. The van der Waals surface area contributed by atoms with Gasteiger partial charge in [0.05, 0.1) is 13.2 Å². The Bertz CT molecular complexity index is 646. The standard InChI is InChI=1S/C20H30N4O3/c1-16-4-3-8-23(15-16)9-7-21-19(25)20(26)22-17-5-2-6-18(14-17)24-10-12-27-13-11-24/h2,5-6,14,16H,3-4,7-13,15H2,1H3,(H,21,25)(H,22,26). The Morgan fingerprint density at radius 3 is 2.78 bits per heavy atom. The second-order valence-electron chi connectivity index (χ2n) is 7.41. The number of rotatable bonds is 5. The van der Waals surface area contributed by atoms with E-state index in [4.69, 9.17) is 4.74 Å². The summed E-state index contributed by atoms with van der Waals surface area (Å²) in [6.45, 7) is 8.73. The number of anilines is 2. The van der Waals surface area contributed by atoms with E-state index >= 15 is 0 Å². The molecule has 0 bridgehead atoms. The number of amides is 2. The van der Waals surface area contributed by atoms with Crippen molar-refractivity contribution in [3.8, 4) is 0 Å². The SMILES string of the molecule is CC1CCCN(CCNC(=O)C(=O)Nc2cccc(N3CCOCC3)c2)C1. The van der Waals surface area contributed by atoms with Crippen LogP contribution in [0, 0.1) is 5.92 Å². The first-order valence-electron chi connectivity index (χ1n) is 9.86. The number of ether oxygens (including phenoxy) is 1. The van der Waals surface area contributed by atoms with Crippen molar-refractivity contribution >= 4 is 23.2 Å². The van der Waals surface area contributed by atoms with Gasteiger partial charge in [-0.25, -0.2) is 0 Å². The van der Waals surface area contributed by atoms with Crippen molar-refractivity contribution in [2.24, 2.45) is 5.92 Å². The van der Waals surface area contributed by atoms with Gasteiger partial charge in [-0.3, -0.25) is 9.59 Å². The van der Waals surface area contributed by atoms with Crippen LogP contribution in [0.4, 0.5) is 11.4 Å². The molecule has 2 fully saturated rings. The number of hydrogen-bond donors (Lipinski definition) is 2. The van der Waals surface area contributed by atoms with E-state index in [0.717, 1.165) is 38.4 Å². The van der Waals surface area contributed by atoms with Gasteiger partial charge in [0.25, 0.3) is 0 Å². The van der Waals surface area contributed by atoms with Gasteiger partial charge in [0.2, 0.25) is 0 Å². The van der Waals surface area contributed by atoms with Gasteiger partial charge in [0.1, 0.15) is 0 Å². The van der Waals surface area contributed by atoms with E-state index in [-0.39, 0.29) is 0 Å². The van der Waals surface area contributed by atoms with Gasteiger partial charge in [0, 0.05) is 44.1 Å². The third-order valence-electron chi connectivity index (χ3n) is 5.14. The number of carbonyl (C=O) groups is 2. The Kier molecular flexibility index (Phi) is 7.06. The number of morpholine rings is 1. The molecule has 0 aliphatic carbocycles. The van der Waals surface area contributed by atoms with Crippen LogP contribution >= 0.6 is 0 Å². The van der Waals surface area contributed by atoms with Crippen LogP contribution in [0.25, 0.3) is 0 Å². The molecule has 2 aliphatic heterocycles. The molecule has 7 heteroatoms. The maximum atomic E-state index is 12.2. The Balaban J connectivity index is 1.44. The average Bonchev–Trinajstić information content (AvgIpc) is 2.69. The molecule has 2 aliphatic rings. The summed E-state index contributed by atoms with van der Waals surface area (Å²) in [5, 5.41) is 5.42. The van der Waals surface area contributed by atoms with Gasteiger partial charge in [-0.2, -0.15) is 0 Å². The maximum absolute atomic E-state index is 12.2. The minimum Gasteiger partial charge on any atom is -0.378 e. The zero-order chi connectivity index (χ0) is 19.1. The normalized spacial score (nSPS) is 20.9. The zero-order valence-electron chi connectivity index (χ0n) is 16.1. The van der Waals surface area contributed by atoms with Crippen LogP contribution < -0.4 is 15.5 Å². The van der Waals surface area contributed by atoms with Crippen molar-refractivity contribution in [1.82, 2.24) is 10.2 Å². The Morgan fingerprint density at radius 2 is 2.00 bits per heavy atom. The van der Waals surface area contributed by atoms with E-state index in [9.17, 15) is 9.59 Å². The van der Waals surface area contributed by atoms with Crippen LogP contribution in [0.5, 0.6) is 0 Å². The summed E-state index contributed by atoms with van der Waals surface area (Å²) in [5.41, 5.74) is 1.65. The third-order valence-corrected chi connectivity index (χ3v) is 5.14. The molecule has 2 heterocycles. The first-order valence-corrected chi connectivity index (χ1v) is 9.86. The number of hydrogen-bond acceptors (Lipinski definition) is 5. The van der Waals surface area contributed by atoms with Gasteiger partial charge in [-0.1, -0.05) is 13.0 Å². The second kappa shape index (κ2) is 9.71. The van der Waals surface area contributed by atoms with Crippen LogP contribution in [0.15, 0.2) is 24.3 Å². The van der Waals surface area contributed by atoms with Gasteiger partial charge in [-0.15, -0.1) is 0 Å². The molecule has 27 heavy (non-hydrogen) atoms. The lowest BCUT2D eigenvalue weighted by Gasteiger charge is -2.30. The van der Waals surface area contributed by atoms with Crippen LogP contribution in [0.2, 0.25) is 0 Å². The molecule has 0 saturated carbocycles. The zero-order valence-corrected chi connectivity index (χ0v) is 16.1. The van der Waals surface area contributed by atoms with Gasteiger partial charge in [-0.05, 0) is 43.5 Å². The first kappa shape index (κ1) is 19.6. The Morgan fingerprint density at radius 1 is 1.19 bits per heavy atom. The average molecular weight is 374 g/mol. The van der Waals surface area contributed by atoms with Gasteiger partial charge in [0.15, 0.2) is 0 Å². The van der Waals surface area contributed by atoms with Crippen LogP contribution in [-0.2, 0) is 14.3 Å². The van der Waals surface area contributed by atoms with Crippen molar-refractivity contribution < 1.29 is 14.3 Å². The third kappa shape index (κ3) is 5.94. The molecule has 1 aromatic rings. The molecule has 2 amide bonds. The van der Waals surface area contributed by atoms with Crippen LogP contribution in [-0.4, -0.2) is 69.2 Å². The minimum absolute atomic E-state index is 0.493. The molecule has 1 aromatic carbocycles. The molecule has 0 radical (unpaired) electrons. The number of nitrogens with one attached hydrogen (secondary N) is 2. The summed E-state index contributed by atoms with van der Waals surface area (Å²) in [7, 11) is 0. The fourth-order valence-corrected chi connectivity index (χ4v) is 3.69. The highest BCUT2D eigenvalue weighted by atomic mass is 16.5. The molecule has 1 unspecified atom stereocenters. The monoisotopic (exact) mass is 374 g/mol. The summed E-state index contributed by atoms with van der Waals surface area (Å²) >= 11 is 0. The smallest absolute Gasteiger partial charge is 0.313 e. The molecule has 0 aromatic heterocycles. The van der Waals surface area contributed by atoms with E-state index in [0.29, 0.717) is 31.4 Å². The lowest BCUT2D eigenvalue weighted by Crippen LogP contribution is -2.42. The fraction of sp³-hybridized carbons (Fsp3) is 0.600. The molecule has 2 N–H and O–H groups in total. The van der Waals surface area contributed by atoms with E-state index in [2.05, 4.69) is 27.4 Å². The predicted molar refractivity (Wildman–Crippen MR) is 106 cm³/mol. The fourth-order valence-electron chi connectivity index (χ4n) is 3.69. The van der Waals surface area contributed by atoms with Gasteiger partial charge >= 0.3 is 11.8 Å². The van der Waals surface area contributed by atoms with Crippen molar-refractivity contribution in [2.45, 2.75) is 19.8 Å². The molecule has 3 rings (SSSR count). The van der Waals surface area contributed by atoms with E-state index < -0.39 is 11.8 Å². The molecule has 7 nitrogen and oxygen atoms in total. The van der Waals surface area contributed by atoms with Crippen LogP contribution in [0.3, 0.4) is 0 Å². The summed E-state index contributed by atoms with van der Waals surface area (Å²) in [5.74, 6) is -0.505. The quantitative estimate of drug-likeness (QED) is 0.761. The number of piperidine rings is 1. The summed E-state index contributed by atoms with van der Waals surface area (Å²) < 4.78 is 5.37. The molecule has 148 valence electrons. The second-order valence-corrected chi connectivity index (χ2v) is 7.41. The van der Waals surface area contributed by atoms with E-state index in [1.54, 1.807) is 6.07 Å². The lowest BCUT2D eigenvalue weighted by atomic mass is 10.0.